The molecule has 0 spiro atoms. The zero-order valence-electron chi connectivity index (χ0n) is 16.6. The van der Waals surface area contributed by atoms with Crippen LogP contribution >= 0.6 is 11.3 Å². The van der Waals surface area contributed by atoms with Crippen molar-refractivity contribution in [1.82, 2.24) is 10.1 Å². The number of aryl methyl sites for hydroxylation is 2. The van der Waals surface area contributed by atoms with Crippen molar-refractivity contribution in [3.8, 4) is 11.3 Å². The first-order valence-electron chi connectivity index (χ1n) is 9.49. The van der Waals surface area contributed by atoms with Crippen molar-refractivity contribution in [1.29, 1.82) is 0 Å². The molecule has 0 aliphatic carbocycles. The molecule has 5 nitrogen and oxygen atoms in total. The maximum atomic E-state index is 13.3. The van der Waals surface area contributed by atoms with E-state index in [1.807, 2.05) is 42.6 Å². The first kappa shape index (κ1) is 20.0. The molecule has 7 heteroatoms. The Morgan fingerprint density at radius 3 is 2.50 bits per heavy atom. The van der Waals surface area contributed by atoms with Crippen LogP contribution in [0, 0.1) is 19.7 Å². The molecular weight excluding hydrogens is 401 g/mol. The molecule has 1 amide bonds. The second kappa shape index (κ2) is 8.59. The van der Waals surface area contributed by atoms with Gasteiger partial charge in [-0.2, -0.15) is 0 Å². The summed E-state index contributed by atoms with van der Waals surface area (Å²) < 4.78 is 18.5. The first-order chi connectivity index (χ1) is 14.5. The molecule has 0 aliphatic rings. The third-order valence-corrected chi connectivity index (χ3v) is 5.72. The van der Waals surface area contributed by atoms with Gasteiger partial charge in [0.2, 0.25) is 5.91 Å². The van der Waals surface area contributed by atoms with E-state index in [9.17, 15) is 9.18 Å². The van der Waals surface area contributed by atoms with E-state index < -0.39 is 0 Å². The predicted octanol–water partition coefficient (Wildman–Crippen LogP) is 5.33. The third-order valence-electron chi connectivity index (χ3n) is 4.86. The van der Waals surface area contributed by atoms with E-state index in [-0.39, 0.29) is 18.1 Å². The molecule has 4 rings (SSSR count). The number of aromatic nitrogens is 2. The second-order valence-electron chi connectivity index (χ2n) is 6.97. The summed E-state index contributed by atoms with van der Waals surface area (Å²) in [5, 5.41) is 6.42. The lowest BCUT2D eigenvalue weighted by Crippen LogP contribution is -2.32. The highest BCUT2D eigenvalue weighted by molar-refractivity contribution is 7.14. The van der Waals surface area contributed by atoms with Gasteiger partial charge in [-0.1, -0.05) is 35.5 Å². The number of halogens is 1. The maximum Gasteiger partial charge on any atom is 0.233 e. The fraction of sp³-hybridized carbons (Fsp3) is 0.174. The number of hydrogen-bond donors (Lipinski definition) is 0. The topological polar surface area (TPSA) is 59.2 Å². The number of thiazole rings is 1. The minimum Gasteiger partial charge on any atom is -0.361 e. The van der Waals surface area contributed by atoms with Gasteiger partial charge in [-0.25, -0.2) is 9.37 Å². The lowest BCUT2D eigenvalue weighted by molar-refractivity contribution is -0.118. The minimum absolute atomic E-state index is 0.0896. The number of anilines is 1. The SMILES string of the molecule is Cc1noc(C)c1CC(=O)N(Cc1ccccc1)c1nc(-c2ccc(F)cc2)cs1. The summed E-state index contributed by atoms with van der Waals surface area (Å²) in [6, 6.07) is 15.9. The van der Waals surface area contributed by atoms with Crippen molar-refractivity contribution >= 4 is 22.4 Å². The van der Waals surface area contributed by atoms with Gasteiger partial charge in [0, 0.05) is 16.5 Å². The van der Waals surface area contributed by atoms with Crippen LogP contribution in [0.1, 0.15) is 22.6 Å². The van der Waals surface area contributed by atoms with Crippen LogP contribution in [0.15, 0.2) is 64.5 Å². The molecular formula is C23H20FN3O2S. The van der Waals surface area contributed by atoms with Gasteiger partial charge in [0.1, 0.15) is 11.6 Å². The number of hydrogen-bond acceptors (Lipinski definition) is 5. The van der Waals surface area contributed by atoms with Crippen molar-refractivity contribution in [3.05, 3.63) is 88.4 Å². The summed E-state index contributed by atoms with van der Waals surface area (Å²) in [6.45, 7) is 4.04. The minimum atomic E-state index is -0.297. The van der Waals surface area contributed by atoms with Gasteiger partial charge in [0.15, 0.2) is 5.13 Å². The Balaban J connectivity index is 1.65. The zero-order valence-corrected chi connectivity index (χ0v) is 17.4. The summed E-state index contributed by atoms with van der Waals surface area (Å²) in [7, 11) is 0. The van der Waals surface area contributed by atoms with E-state index in [1.165, 1.54) is 23.5 Å². The van der Waals surface area contributed by atoms with Crippen molar-refractivity contribution in [2.45, 2.75) is 26.8 Å². The van der Waals surface area contributed by atoms with Crippen LogP contribution in [0.5, 0.6) is 0 Å². The fourth-order valence-electron chi connectivity index (χ4n) is 3.17. The second-order valence-corrected chi connectivity index (χ2v) is 7.80. The van der Waals surface area contributed by atoms with Crippen molar-refractivity contribution in [2.75, 3.05) is 4.90 Å². The number of carbonyl (C=O) groups is 1. The molecule has 2 heterocycles. The van der Waals surface area contributed by atoms with E-state index in [0.717, 1.165) is 16.7 Å². The van der Waals surface area contributed by atoms with E-state index in [0.29, 0.717) is 28.8 Å². The highest BCUT2D eigenvalue weighted by Gasteiger charge is 2.23. The smallest absolute Gasteiger partial charge is 0.233 e. The van der Waals surface area contributed by atoms with Gasteiger partial charge in [-0.05, 0) is 43.7 Å². The standard InChI is InChI=1S/C23H20FN3O2S/c1-15-20(16(2)29-26-15)12-22(28)27(13-17-6-4-3-5-7-17)23-25-21(14-30-23)18-8-10-19(24)11-9-18/h3-11,14H,12-13H2,1-2H3. The lowest BCUT2D eigenvalue weighted by atomic mass is 10.1. The van der Waals surface area contributed by atoms with Crippen molar-refractivity contribution in [2.24, 2.45) is 0 Å². The van der Waals surface area contributed by atoms with E-state index in [2.05, 4.69) is 10.1 Å². The highest BCUT2D eigenvalue weighted by Crippen LogP contribution is 2.29. The number of carbonyl (C=O) groups excluding carboxylic acids is 1. The molecule has 152 valence electrons. The van der Waals surface area contributed by atoms with Gasteiger partial charge >= 0.3 is 0 Å². The van der Waals surface area contributed by atoms with Crippen LogP contribution in [-0.2, 0) is 17.8 Å². The van der Waals surface area contributed by atoms with E-state index in [4.69, 9.17) is 4.52 Å². The average molecular weight is 421 g/mol. The summed E-state index contributed by atoms with van der Waals surface area (Å²) >= 11 is 1.39. The van der Waals surface area contributed by atoms with Gasteiger partial charge in [-0.15, -0.1) is 11.3 Å². The Hall–Kier alpha value is -3.32. The molecule has 0 unspecified atom stereocenters. The van der Waals surface area contributed by atoms with E-state index in [1.54, 1.807) is 24.0 Å². The molecule has 0 bridgehead atoms. The molecule has 0 saturated carbocycles. The average Bonchev–Trinajstić information content (AvgIpc) is 3.36. The predicted molar refractivity (Wildman–Crippen MR) is 115 cm³/mol. The van der Waals surface area contributed by atoms with Crippen LogP contribution in [0.25, 0.3) is 11.3 Å². The number of amides is 1. The summed E-state index contributed by atoms with van der Waals surface area (Å²) in [5.41, 5.74) is 4.03. The number of benzene rings is 2. The monoisotopic (exact) mass is 421 g/mol. The molecule has 2 aromatic carbocycles. The summed E-state index contributed by atoms with van der Waals surface area (Å²) in [5.74, 6) is 0.259. The summed E-state index contributed by atoms with van der Waals surface area (Å²) in [6.07, 6.45) is 0.180. The van der Waals surface area contributed by atoms with E-state index >= 15 is 0 Å². The van der Waals surface area contributed by atoms with Gasteiger partial charge in [0.05, 0.1) is 24.4 Å². The molecule has 0 radical (unpaired) electrons. The number of rotatable bonds is 6. The normalized spacial score (nSPS) is 10.9. The molecule has 0 N–H and O–H groups in total. The highest BCUT2D eigenvalue weighted by atomic mass is 32.1. The Labute approximate surface area is 177 Å². The zero-order chi connectivity index (χ0) is 21.1. The van der Waals surface area contributed by atoms with Crippen LogP contribution < -0.4 is 4.90 Å². The largest absolute Gasteiger partial charge is 0.361 e. The van der Waals surface area contributed by atoms with Crippen LogP contribution in [-0.4, -0.2) is 16.0 Å². The van der Waals surface area contributed by atoms with Crippen molar-refractivity contribution < 1.29 is 13.7 Å². The Bertz CT molecular complexity index is 1130. The molecule has 2 aromatic heterocycles. The quantitative estimate of drug-likeness (QED) is 0.422. The summed E-state index contributed by atoms with van der Waals surface area (Å²) in [4.78, 5) is 19.6. The van der Waals surface area contributed by atoms with Gasteiger partial charge in [0.25, 0.3) is 0 Å². The Morgan fingerprint density at radius 1 is 1.10 bits per heavy atom. The Morgan fingerprint density at radius 2 is 1.83 bits per heavy atom. The maximum absolute atomic E-state index is 13.3. The van der Waals surface area contributed by atoms with Gasteiger partial charge in [-0.3, -0.25) is 9.69 Å². The molecule has 0 atom stereocenters. The van der Waals surface area contributed by atoms with Crippen LogP contribution in [0.3, 0.4) is 0 Å². The molecule has 4 aromatic rings. The number of nitrogens with zero attached hydrogens (tertiary/aromatic N) is 3. The van der Waals surface area contributed by atoms with Crippen molar-refractivity contribution in [3.63, 3.8) is 0 Å². The molecule has 0 saturated heterocycles. The third kappa shape index (κ3) is 4.31. The molecule has 0 aliphatic heterocycles. The van der Waals surface area contributed by atoms with Crippen LogP contribution in [0.4, 0.5) is 9.52 Å². The molecule has 0 fully saturated rings. The first-order valence-corrected chi connectivity index (χ1v) is 10.4. The molecule has 30 heavy (non-hydrogen) atoms. The fourth-order valence-corrected chi connectivity index (χ4v) is 4.02. The van der Waals surface area contributed by atoms with Crippen LogP contribution in [0.2, 0.25) is 0 Å². The van der Waals surface area contributed by atoms with Gasteiger partial charge < -0.3 is 4.52 Å². The Kier molecular flexibility index (Phi) is 5.72. The lowest BCUT2D eigenvalue weighted by Gasteiger charge is -2.20.